The Morgan fingerprint density at radius 2 is 1.62 bits per heavy atom. The Bertz CT molecular complexity index is 1240. The van der Waals surface area contributed by atoms with Crippen LogP contribution in [0.1, 0.15) is 11.1 Å². The Balaban J connectivity index is 1.64. The lowest BCUT2D eigenvalue weighted by Crippen LogP contribution is -2.54. The number of anilines is 1. The number of ether oxygens (including phenoxy) is 1. The molecule has 4 amide bonds. The summed E-state index contributed by atoms with van der Waals surface area (Å²) < 4.78 is 19.1. The standard InChI is InChI=1S/C24H16ClFN2O4/c25-20-7-3-1-6-16(20)14-32-21-8-4-2-5-15(21)13-19-22(29)27-24(31)28(23(19)30)18-11-9-17(26)10-12-18/h1-13H,14H2,(H,27,29,31)/b19-13+. The van der Waals surface area contributed by atoms with Crippen molar-refractivity contribution in [2.45, 2.75) is 6.61 Å². The van der Waals surface area contributed by atoms with Crippen molar-refractivity contribution in [2.75, 3.05) is 4.90 Å². The van der Waals surface area contributed by atoms with Crippen LogP contribution in [-0.4, -0.2) is 17.8 Å². The maximum absolute atomic E-state index is 13.2. The molecule has 1 aliphatic rings. The van der Waals surface area contributed by atoms with Crippen molar-refractivity contribution in [2.24, 2.45) is 0 Å². The van der Waals surface area contributed by atoms with Crippen LogP contribution in [0.25, 0.3) is 6.08 Å². The van der Waals surface area contributed by atoms with Crippen LogP contribution in [0.5, 0.6) is 5.75 Å². The van der Waals surface area contributed by atoms with Gasteiger partial charge in [-0.15, -0.1) is 0 Å². The number of barbiturate groups is 1. The molecule has 0 unspecified atom stereocenters. The van der Waals surface area contributed by atoms with E-state index in [1.807, 2.05) is 18.2 Å². The van der Waals surface area contributed by atoms with Gasteiger partial charge in [0.15, 0.2) is 0 Å². The number of amides is 4. The van der Waals surface area contributed by atoms with E-state index in [4.69, 9.17) is 16.3 Å². The number of imide groups is 2. The lowest BCUT2D eigenvalue weighted by Gasteiger charge is -2.26. The summed E-state index contributed by atoms with van der Waals surface area (Å²) in [4.78, 5) is 38.5. The molecule has 1 fully saturated rings. The average Bonchev–Trinajstić information content (AvgIpc) is 2.78. The fourth-order valence-electron chi connectivity index (χ4n) is 3.14. The summed E-state index contributed by atoms with van der Waals surface area (Å²) in [6, 6.07) is 18.0. The predicted molar refractivity (Wildman–Crippen MR) is 118 cm³/mol. The van der Waals surface area contributed by atoms with Gasteiger partial charge in [-0.1, -0.05) is 48.0 Å². The minimum Gasteiger partial charge on any atom is -0.488 e. The Labute approximate surface area is 187 Å². The van der Waals surface area contributed by atoms with E-state index >= 15 is 0 Å². The van der Waals surface area contributed by atoms with Crippen LogP contribution >= 0.6 is 11.6 Å². The molecule has 0 aromatic heterocycles. The van der Waals surface area contributed by atoms with Crippen molar-refractivity contribution >= 4 is 41.2 Å². The third-order valence-corrected chi connectivity index (χ3v) is 5.12. The van der Waals surface area contributed by atoms with E-state index in [0.717, 1.165) is 22.6 Å². The number of hydrogen-bond donors (Lipinski definition) is 1. The second-order valence-electron chi connectivity index (χ2n) is 6.85. The van der Waals surface area contributed by atoms with Gasteiger partial charge in [0.25, 0.3) is 11.8 Å². The fraction of sp³-hybridized carbons (Fsp3) is 0.0417. The van der Waals surface area contributed by atoms with Gasteiger partial charge in [0.1, 0.15) is 23.7 Å². The number of hydrogen-bond acceptors (Lipinski definition) is 4. The van der Waals surface area contributed by atoms with Crippen molar-refractivity contribution in [3.63, 3.8) is 0 Å². The van der Waals surface area contributed by atoms with E-state index in [9.17, 15) is 18.8 Å². The first-order valence-electron chi connectivity index (χ1n) is 9.56. The molecular formula is C24H16ClFN2O4. The molecule has 0 saturated carbocycles. The molecule has 6 nitrogen and oxygen atoms in total. The van der Waals surface area contributed by atoms with E-state index in [-0.39, 0.29) is 17.9 Å². The smallest absolute Gasteiger partial charge is 0.335 e. The van der Waals surface area contributed by atoms with E-state index in [0.29, 0.717) is 16.3 Å². The summed E-state index contributed by atoms with van der Waals surface area (Å²) in [6.07, 6.45) is 1.35. The molecule has 0 aliphatic carbocycles. The molecule has 3 aromatic rings. The Morgan fingerprint density at radius 3 is 2.38 bits per heavy atom. The number of carbonyl (C=O) groups is 3. The molecule has 1 heterocycles. The lowest BCUT2D eigenvalue weighted by atomic mass is 10.1. The minimum absolute atomic E-state index is 0.135. The average molecular weight is 451 g/mol. The van der Waals surface area contributed by atoms with Crippen molar-refractivity contribution < 1.29 is 23.5 Å². The number of halogens is 2. The first kappa shape index (κ1) is 21.3. The maximum atomic E-state index is 13.2. The first-order valence-corrected chi connectivity index (χ1v) is 9.94. The maximum Gasteiger partial charge on any atom is 0.335 e. The SMILES string of the molecule is O=C1NC(=O)N(c2ccc(F)cc2)C(=O)/C1=C/c1ccccc1OCc1ccccc1Cl. The van der Waals surface area contributed by atoms with E-state index in [1.54, 1.807) is 30.3 Å². The molecule has 8 heteroatoms. The van der Waals surface area contributed by atoms with Gasteiger partial charge >= 0.3 is 6.03 Å². The normalized spacial score (nSPS) is 15.1. The van der Waals surface area contributed by atoms with Gasteiger partial charge in [0.2, 0.25) is 0 Å². The van der Waals surface area contributed by atoms with E-state index in [2.05, 4.69) is 5.32 Å². The molecule has 4 rings (SSSR count). The van der Waals surface area contributed by atoms with Gasteiger partial charge in [0.05, 0.1) is 5.69 Å². The molecule has 1 aliphatic heterocycles. The van der Waals surface area contributed by atoms with E-state index in [1.165, 1.54) is 18.2 Å². The molecule has 0 spiro atoms. The third-order valence-electron chi connectivity index (χ3n) is 4.75. The van der Waals surface area contributed by atoms with Crippen LogP contribution < -0.4 is 15.0 Å². The molecular weight excluding hydrogens is 435 g/mol. The van der Waals surface area contributed by atoms with Crippen LogP contribution in [0, 0.1) is 5.82 Å². The lowest BCUT2D eigenvalue weighted by molar-refractivity contribution is -0.122. The fourth-order valence-corrected chi connectivity index (χ4v) is 3.33. The van der Waals surface area contributed by atoms with Crippen molar-refractivity contribution in [3.05, 3.63) is 100 Å². The Kier molecular flexibility index (Phi) is 6.00. The van der Waals surface area contributed by atoms with Gasteiger partial charge < -0.3 is 4.74 Å². The molecule has 0 atom stereocenters. The molecule has 160 valence electrons. The van der Waals surface area contributed by atoms with Gasteiger partial charge in [-0.2, -0.15) is 0 Å². The summed E-state index contributed by atoms with van der Waals surface area (Å²) in [6.45, 7) is 0.181. The third kappa shape index (κ3) is 4.38. The van der Waals surface area contributed by atoms with Crippen molar-refractivity contribution in [3.8, 4) is 5.75 Å². The Hall–Kier alpha value is -3.97. The molecule has 32 heavy (non-hydrogen) atoms. The minimum atomic E-state index is -0.910. The second kappa shape index (κ2) is 9.03. The summed E-state index contributed by atoms with van der Waals surface area (Å²) in [5.41, 5.74) is 1.11. The van der Waals surface area contributed by atoms with Gasteiger partial charge in [0, 0.05) is 16.1 Å². The molecule has 0 radical (unpaired) electrons. The highest BCUT2D eigenvalue weighted by Gasteiger charge is 2.37. The van der Waals surface area contributed by atoms with E-state index < -0.39 is 23.7 Å². The summed E-state index contributed by atoms with van der Waals surface area (Å²) in [5, 5.41) is 2.69. The first-order chi connectivity index (χ1) is 15.4. The van der Waals surface area contributed by atoms with Crippen LogP contribution in [0.2, 0.25) is 5.02 Å². The summed E-state index contributed by atoms with van der Waals surface area (Å²) in [7, 11) is 0. The topological polar surface area (TPSA) is 75.7 Å². The van der Waals surface area contributed by atoms with Crippen LogP contribution in [0.3, 0.4) is 0 Å². The number of rotatable bonds is 5. The van der Waals surface area contributed by atoms with Crippen LogP contribution in [-0.2, 0) is 16.2 Å². The molecule has 1 saturated heterocycles. The number of carbonyl (C=O) groups excluding carboxylic acids is 3. The number of nitrogens with one attached hydrogen (secondary N) is 1. The van der Waals surface area contributed by atoms with Crippen LogP contribution in [0.15, 0.2) is 78.4 Å². The number of para-hydroxylation sites is 1. The molecule has 1 N–H and O–H groups in total. The largest absolute Gasteiger partial charge is 0.488 e. The number of nitrogens with zero attached hydrogens (tertiary/aromatic N) is 1. The highest BCUT2D eigenvalue weighted by molar-refractivity contribution is 6.39. The number of benzene rings is 3. The van der Waals surface area contributed by atoms with Gasteiger partial charge in [-0.25, -0.2) is 14.1 Å². The summed E-state index contributed by atoms with van der Waals surface area (Å²) >= 11 is 6.17. The molecule has 3 aromatic carbocycles. The second-order valence-corrected chi connectivity index (χ2v) is 7.26. The zero-order valence-electron chi connectivity index (χ0n) is 16.5. The van der Waals surface area contributed by atoms with Crippen LogP contribution in [0.4, 0.5) is 14.9 Å². The number of urea groups is 1. The van der Waals surface area contributed by atoms with Crippen molar-refractivity contribution in [1.29, 1.82) is 0 Å². The predicted octanol–water partition coefficient (Wildman–Crippen LogP) is 4.72. The molecule has 0 bridgehead atoms. The Morgan fingerprint density at radius 1 is 0.938 bits per heavy atom. The zero-order valence-corrected chi connectivity index (χ0v) is 17.3. The van der Waals surface area contributed by atoms with Crippen molar-refractivity contribution in [1.82, 2.24) is 5.32 Å². The zero-order chi connectivity index (χ0) is 22.7. The van der Waals surface area contributed by atoms with Gasteiger partial charge in [-0.05, 0) is 42.5 Å². The monoisotopic (exact) mass is 450 g/mol. The quantitative estimate of drug-likeness (QED) is 0.450. The van der Waals surface area contributed by atoms with Gasteiger partial charge in [-0.3, -0.25) is 14.9 Å². The summed E-state index contributed by atoms with van der Waals surface area (Å²) in [5.74, 6) is -1.76. The highest BCUT2D eigenvalue weighted by atomic mass is 35.5. The highest BCUT2D eigenvalue weighted by Crippen LogP contribution is 2.27.